The molecule has 1 amide bonds. The van der Waals surface area contributed by atoms with Gasteiger partial charge in [-0.15, -0.1) is 0 Å². The van der Waals surface area contributed by atoms with Gasteiger partial charge >= 0.3 is 0 Å². The first-order chi connectivity index (χ1) is 7.56. The molecule has 0 heterocycles. The summed E-state index contributed by atoms with van der Waals surface area (Å²) in [5, 5.41) is 8.88. The molecule has 1 fully saturated rings. The number of carbonyl (C=O) groups excluding carboxylic acids is 1. The normalized spacial score (nSPS) is 25.8. The molecule has 3 heteroatoms. The second-order valence-corrected chi connectivity index (χ2v) is 5.27. The Morgan fingerprint density at radius 3 is 2.31 bits per heavy atom. The standard InChI is InChI=1S/C13H25NO2/c1-10(2)14(3)13(16)12-6-4-11(5-7-12)8-9-15/h10-12,15H,4-9H2,1-3H3. The summed E-state index contributed by atoms with van der Waals surface area (Å²) < 4.78 is 0. The largest absolute Gasteiger partial charge is 0.396 e. The first-order valence-corrected chi connectivity index (χ1v) is 6.43. The van der Waals surface area contributed by atoms with Crippen LogP contribution < -0.4 is 0 Å². The Morgan fingerprint density at radius 1 is 1.31 bits per heavy atom. The third kappa shape index (κ3) is 3.48. The molecule has 0 aromatic rings. The van der Waals surface area contributed by atoms with Gasteiger partial charge in [0.15, 0.2) is 0 Å². The molecule has 0 saturated heterocycles. The Kier molecular flexibility index (Phi) is 5.26. The van der Waals surface area contributed by atoms with Crippen LogP contribution in [-0.2, 0) is 4.79 Å². The first-order valence-electron chi connectivity index (χ1n) is 6.43. The average molecular weight is 227 g/mol. The molecule has 0 unspecified atom stereocenters. The van der Waals surface area contributed by atoms with Gasteiger partial charge in [0, 0.05) is 25.6 Å². The van der Waals surface area contributed by atoms with Gasteiger partial charge in [-0.05, 0) is 51.9 Å². The van der Waals surface area contributed by atoms with E-state index in [4.69, 9.17) is 5.11 Å². The predicted molar refractivity (Wildman–Crippen MR) is 65.1 cm³/mol. The lowest BCUT2D eigenvalue weighted by atomic mass is 9.80. The zero-order chi connectivity index (χ0) is 12.1. The minimum atomic E-state index is 0.224. The van der Waals surface area contributed by atoms with Crippen LogP contribution in [0.2, 0.25) is 0 Å². The number of hydrogen-bond donors (Lipinski definition) is 1. The summed E-state index contributed by atoms with van der Waals surface area (Å²) in [4.78, 5) is 13.9. The van der Waals surface area contributed by atoms with Crippen LogP contribution in [0.4, 0.5) is 0 Å². The molecular weight excluding hydrogens is 202 g/mol. The highest BCUT2D eigenvalue weighted by Crippen LogP contribution is 2.31. The maximum atomic E-state index is 12.1. The van der Waals surface area contributed by atoms with Crippen LogP contribution in [0.1, 0.15) is 46.0 Å². The summed E-state index contributed by atoms with van der Waals surface area (Å²) in [6.07, 6.45) is 5.11. The summed E-state index contributed by atoms with van der Waals surface area (Å²) in [6, 6.07) is 0.294. The van der Waals surface area contributed by atoms with E-state index in [1.807, 2.05) is 11.9 Å². The van der Waals surface area contributed by atoms with Gasteiger partial charge in [0.25, 0.3) is 0 Å². The minimum Gasteiger partial charge on any atom is -0.396 e. The minimum absolute atomic E-state index is 0.224. The Balaban J connectivity index is 2.38. The number of carbonyl (C=O) groups is 1. The summed E-state index contributed by atoms with van der Waals surface area (Å²) in [7, 11) is 1.90. The average Bonchev–Trinajstić information content (AvgIpc) is 2.28. The Bertz CT molecular complexity index is 220. The molecule has 94 valence electrons. The van der Waals surface area contributed by atoms with Crippen molar-refractivity contribution >= 4 is 5.91 Å². The molecule has 0 atom stereocenters. The number of aliphatic hydroxyl groups is 1. The fraction of sp³-hybridized carbons (Fsp3) is 0.923. The van der Waals surface area contributed by atoms with Crippen molar-refractivity contribution in [3.05, 3.63) is 0 Å². The van der Waals surface area contributed by atoms with E-state index in [2.05, 4.69) is 13.8 Å². The predicted octanol–water partition coefficient (Wildman–Crippen LogP) is 2.04. The maximum Gasteiger partial charge on any atom is 0.225 e. The van der Waals surface area contributed by atoms with Crippen molar-refractivity contribution in [3.63, 3.8) is 0 Å². The van der Waals surface area contributed by atoms with Crippen molar-refractivity contribution in [2.75, 3.05) is 13.7 Å². The van der Waals surface area contributed by atoms with E-state index in [1.165, 1.54) is 0 Å². The Hall–Kier alpha value is -0.570. The highest BCUT2D eigenvalue weighted by Gasteiger charge is 2.28. The van der Waals surface area contributed by atoms with Gasteiger partial charge in [-0.3, -0.25) is 4.79 Å². The summed E-state index contributed by atoms with van der Waals surface area (Å²) in [6.45, 7) is 4.39. The van der Waals surface area contributed by atoms with Crippen molar-refractivity contribution in [1.82, 2.24) is 4.90 Å². The van der Waals surface area contributed by atoms with E-state index < -0.39 is 0 Å². The van der Waals surface area contributed by atoms with Gasteiger partial charge in [0.05, 0.1) is 0 Å². The molecule has 1 rings (SSSR count). The van der Waals surface area contributed by atoms with Crippen LogP contribution in [0, 0.1) is 11.8 Å². The highest BCUT2D eigenvalue weighted by atomic mass is 16.3. The molecule has 3 nitrogen and oxygen atoms in total. The topological polar surface area (TPSA) is 40.5 Å². The zero-order valence-corrected chi connectivity index (χ0v) is 10.8. The monoisotopic (exact) mass is 227 g/mol. The van der Waals surface area contributed by atoms with E-state index in [0.717, 1.165) is 32.1 Å². The van der Waals surface area contributed by atoms with Gasteiger partial charge in [0.2, 0.25) is 5.91 Å². The van der Waals surface area contributed by atoms with E-state index in [0.29, 0.717) is 17.9 Å². The van der Waals surface area contributed by atoms with Crippen molar-refractivity contribution in [1.29, 1.82) is 0 Å². The highest BCUT2D eigenvalue weighted by molar-refractivity contribution is 5.78. The molecule has 0 aromatic heterocycles. The van der Waals surface area contributed by atoms with Crippen LogP contribution in [-0.4, -0.2) is 35.6 Å². The third-order valence-electron chi connectivity index (χ3n) is 3.86. The Morgan fingerprint density at radius 2 is 1.88 bits per heavy atom. The van der Waals surface area contributed by atoms with Crippen LogP contribution in [0.3, 0.4) is 0 Å². The first kappa shape index (κ1) is 13.5. The molecule has 0 bridgehead atoms. The molecule has 1 aliphatic carbocycles. The van der Waals surface area contributed by atoms with Gasteiger partial charge < -0.3 is 10.0 Å². The Labute approximate surface area is 98.8 Å². The van der Waals surface area contributed by atoms with Gasteiger partial charge in [-0.1, -0.05) is 0 Å². The molecule has 1 N–H and O–H groups in total. The number of rotatable bonds is 4. The molecule has 0 radical (unpaired) electrons. The molecule has 1 saturated carbocycles. The summed E-state index contributed by atoms with van der Waals surface area (Å²) >= 11 is 0. The second-order valence-electron chi connectivity index (χ2n) is 5.27. The summed E-state index contributed by atoms with van der Waals surface area (Å²) in [5.41, 5.74) is 0. The van der Waals surface area contributed by atoms with Crippen LogP contribution in [0.5, 0.6) is 0 Å². The quantitative estimate of drug-likeness (QED) is 0.798. The van der Waals surface area contributed by atoms with E-state index >= 15 is 0 Å². The van der Waals surface area contributed by atoms with E-state index in [-0.39, 0.29) is 12.5 Å². The third-order valence-corrected chi connectivity index (χ3v) is 3.86. The fourth-order valence-electron chi connectivity index (χ4n) is 2.42. The van der Waals surface area contributed by atoms with E-state index in [1.54, 1.807) is 0 Å². The number of nitrogens with zero attached hydrogens (tertiary/aromatic N) is 1. The smallest absolute Gasteiger partial charge is 0.225 e. The van der Waals surface area contributed by atoms with Gasteiger partial charge in [-0.2, -0.15) is 0 Å². The maximum absolute atomic E-state index is 12.1. The van der Waals surface area contributed by atoms with Crippen molar-refractivity contribution in [3.8, 4) is 0 Å². The van der Waals surface area contributed by atoms with Gasteiger partial charge in [0.1, 0.15) is 0 Å². The lowest BCUT2D eigenvalue weighted by Gasteiger charge is -2.31. The van der Waals surface area contributed by atoms with Crippen LogP contribution in [0.15, 0.2) is 0 Å². The lowest BCUT2D eigenvalue weighted by molar-refractivity contribution is -0.137. The van der Waals surface area contributed by atoms with Crippen molar-refractivity contribution in [2.24, 2.45) is 11.8 Å². The number of amides is 1. The number of hydrogen-bond acceptors (Lipinski definition) is 2. The molecule has 0 aliphatic heterocycles. The second kappa shape index (κ2) is 6.24. The molecule has 0 aromatic carbocycles. The van der Waals surface area contributed by atoms with E-state index in [9.17, 15) is 4.79 Å². The number of aliphatic hydroxyl groups excluding tert-OH is 1. The fourth-order valence-corrected chi connectivity index (χ4v) is 2.42. The SMILES string of the molecule is CC(C)N(C)C(=O)C1CCC(CCO)CC1. The molecule has 1 aliphatic rings. The summed E-state index contributed by atoms with van der Waals surface area (Å²) in [5.74, 6) is 1.16. The van der Waals surface area contributed by atoms with Gasteiger partial charge in [-0.25, -0.2) is 0 Å². The lowest BCUT2D eigenvalue weighted by Crippen LogP contribution is -2.39. The van der Waals surface area contributed by atoms with Crippen LogP contribution >= 0.6 is 0 Å². The van der Waals surface area contributed by atoms with Crippen molar-refractivity contribution in [2.45, 2.75) is 52.0 Å². The molecule has 16 heavy (non-hydrogen) atoms. The molecule has 0 spiro atoms. The van der Waals surface area contributed by atoms with Crippen LogP contribution in [0.25, 0.3) is 0 Å². The van der Waals surface area contributed by atoms with Crippen molar-refractivity contribution < 1.29 is 9.90 Å². The molecular formula is C13H25NO2. The zero-order valence-electron chi connectivity index (χ0n) is 10.8.